The van der Waals surface area contributed by atoms with Gasteiger partial charge in [-0.2, -0.15) is 10.5 Å². The molecule has 82 valence electrons. The standard InChI is InChI=1S/C10H8N2.CH2O3/c1-7-3-10(6-12)8(2)4-9(7)5-11;2-1(3)4/h3-4H,1-2H3;(H2,2,3,4). The van der Waals surface area contributed by atoms with Gasteiger partial charge in [-0.05, 0) is 37.1 Å². The van der Waals surface area contributed by atoms with Crippen molar-refractivity contribution in [3.05, 3.63) is 34.4 Å². The zero-order valence-electron chi connectivity index (χ0n) is 8.85. The first kappa shape index (κ1) is 13.5. The molecular formula is C11H10N2O3. The summed E-state index contributed by atoms with van der Waals surface area (Å²) in [5.41, 5.74) is 3.01. The fraction of sp³-hybridized carbons (Fsp3) is 0.182. The van der Waals surface area contributed by atoms with Crippen LogP contribution in [0.1, 0.15) is 22.3 Å². The van der Waals surface area contributed by atoms with Gasteiger partial charge in [0.2, 0.25) is 0 Å². The van der Waals surface area contributed by atoms with E-state index in [1.54, 1.807) is 12.1 Å². The summed E-state index contributed by atoms with van der Waals surface area (Å²) in [7, 11) is 0. The van der Waals surface area contributed by atoms with Crippen LogP contribution in [0.5, 0.6) is 0 Å². The summed E-state index contributed by atoms with van der Waals surface area (Å²) in [6.07, 6.45) is -1.83. The van der Waals surface area contributed by atoms with Crippen molar-refractivity contribution in [2.75, 3.05) is 0 Å². The summed E-state index contributed by atoms with van der Waals surface area (Å²) in [6.45, 7) is 3.66. The zero-order valence-corrected chi connectivity index (χ0v) is 8.85. The minimum atomic E-state index is -1.83. The Morgan fingerprint density at radius 3 is 1.50 bits per heavy atom. The van der Waals surface area contributed by atoms with Gasteiger partial charge in [0.1, 0.15) is 0 Å². The van der Waals surface area contributed by atoms with Gasteiger partial charge in [0.25, 0.3) is 0 Å². The smallest absolute Gasteiger partial charge is 0.450 e. The van der Waals surface area contributed by atoms with Crippen molar-refractivity contribution in [3.63, 3.8) is 0 Å². The molecule has 5 nitrogen and oxygen atoms in total. The van der Waals surface area contributed by atoms with E-state index in [4.69, 9.17) is 25.5 Å². The average molecular weight is 218 g/mol. The van der Waals surface area contributed by atoms with E-state index in [2.05, 4.69) is 12.1 Å². The Morgan fingerprint density at radius 1 is 1.06 bits per heavy atom. The van der Waals surface area contributed by atoms with Crippen LogP contribution in [0.15, 0.2) is 12.1 Å². The molecule has 0 spiro atoms. The van der Waals surface area contributed by atoms with Crippen molar-refractivity contribution in [1.29, 1.82) is 10.5 Å². The Bertz CT molecular complexity index is 437. The van der Waals surface area contributed by atoms with Gasteiger partial charge < -0.3 is 10.2 Å². The number of carbonyl (C=O) groups is 1. The number of nitriles is 2. The number of carboxylic acid groups (broad SMARTS) is 2. The second kappa shape index (κ2) is 6.05. The molecule has 1 rings (SSSR count). The predicted octanol–water partition coefficient (Wildman–Crippen LogP) is 2.27. The predicted molar refractivity (Wildman–Crippen MR) is 56.0 cm³/mol. The minimum Gasteiger partial charge on any atom is -0.450 e. The average Bonchev–Trinajstić information content (AvgIpc) is 2.20. The highest BCUT2D eigenvalue weighted by molar-refractivity contribution is 5.53. The van der Waals surface area contributed by atoms with Gasteiger partial charge in [-0.25, -0.2) is 4.79 Å². The fourth-order valence-electron chi connectivity index (χ4n) is 1.06. The van der Waals surface area contributed by atoms with E-state index in [9.17, 15) is 0 Å². The van der Waals surface area contributed by atoms with Crippen LogP contribution in [0.4, 0.5) is 4.79 Å². The molecule has 0 unspecified atom stereocenters. The molecule has 0 fully saturated rings. The van der Waals surface area contributed by atoms with Crippen LogP contribution in [-0.4, -0.2) is 16.4 Å². The molecule has 2 N–H and O–H groups in total. The second-order valence-corrected chi connectivity index (χ2v) is 2.99. The Morgan fingerprint density at radius 2 is 1.31 bits per heavy atom. The number of benzene rings is 1. The minimum absolute atomic E-state index is 0.645. The van der Waals surface area contributed by atoms with Crippen molar-refractivity contribution in [2.45, 2.75) is 13.8 Å². The first-order valence-corrected chi connectivity index (χ1v) is 4.25. The van der Waals surface area contributed by atoms with E-state index in [0.29, 0.717) is 11.1 Å². The van der Waals surface area contributed by atoms with Crippen molar-refractivity contribution in [2.24, 2.45) is 0 Å². The van der Waals surface area contributed by atoms with Crippen molar-refractivity contribution in [3.8, 4) is 12.1 Å². The molecule has 0 aliphatic carbocycles. The number of hydrogen-bond acceptors (Lipinski definition) is 3. The summed E-state index contributed by atoms with van der Waals surface area (Å²) in [6, 6.07) is 7.64. The van der Waals surface area contributed by atoms with Gasteiger partial charge in [0, 0.05) is 0 Å². The highest BCUT2D eigenvalue weighted by atomic mass is 16.6. The van der Waals surface area contributed by atoms with Gasteiger partial charge in [0.15, 0.2) is 0 Å². The van der Waals surface area contributed by atoms with Gasteiger partial charge in [-0.15, -0.1) is 0 Å². The molecule has 0 radical (unpaired) electrons. The lowest BCUT2D eigenvalue weighted by atomic mass is 10.0. The molecule has 0 aromatic heterocycles. The van der Waals surface area contributed by atoms with E-state index >= 15 is 0 Å². The summed E-state index contributed by atoms with van der Waals surface area (Å²) in [5, 5.41) is 31.3. The SMILES string of the molecule is Cc1cc(C#N)c(C)cc1C#N.O=C(O)O. The maximum Gasteiger partial charge on any atom is 0.503 e. The molecule has 5 heteroatoms. The highest BCUT2D eigenvalue weighted by Gasteiger charge is 2.02. The molecule has 0 atom stereocenters. The summed E-state index contributed by atoms with van der Waals surface area (Å²) in [4.78, 5) is 8.56. The number of nitrogens with zero attached hydrogens (tertiary/aromatic N) is 2. The zero-order chi connectivity index (χ0) is 12.7. The van der Waals surface area contributed by atoms with E-state index in [1.807, 2.05) is 13.8 Å². The maximum atomic E-state index is 8.67. The topological polar surface area (TPSA) is 105 Å². The lowest BCUT2D eigenvalue weighted by Crippen LogP contribution is -1.88. The quantitative estimate of drug-likeness (QED) is 0.694. The Balaban J connectivity index is 0.000000487. The Kier molecular flexibility index (Phi) is 5.09. The van der Waals surface area contributed by atoms with Crippen LogP contribution < -0.4 is 0 Å². The molecule has 0 bridgehead atoms. The summed E-state index contributed by atoms with van der Waals surface area (Å²) < 4.78 is 0. The van der Waals surface area contributed by atoms with E-state index in [1.165, 1.54) is 0 Å². The van der Waals surface area contributed by atoms with Crippen molar-refractivity contribution < 1.29 is 15.0 Å². The first-order valence-electron chi connectivity index (χ1n) is 4.25. The molecular weight excluding hydrogens is 208 g/mol. The van der Waals surface area contributed by atoms with Crippen LogP contribution in [0.3, 0.4) is 0 Å². The van der Waals surface area contributed by atoms with Crippen LogP contribution >= 0.6 is 0 Å². The lowest BCUT2D eigenvalue weighted by Gasteiger charge is -2.00. The molecule has 0 saturated heterocycles. The fourth-order valence-corrected chi connectivity index (χ4v) is 1.06. The lowest BCUT2D eigenvalue weighted by molar-refractivity contribution is 0.137. The molecule has 0 aliphatic heterocycles. The van der Waals surface area contributed by atoms with E-state index in [-0.39, 0.29) is 0 Å². The third-order valence-electron chi connectivity index (χ3n) is 1.81. The number of hydrogen-bond donors (Lipinski definition) is 2. The van der Waals surface area contributed by atoms with Gasteiger partial charge >= 0.3 is 6.16 Å². The monoisotopic (exact) mass is 218 g/mol. The largest absolute Gasteiger partial charge is 0.503 e. The molecule has 0 saturated carbocycles. The van der Waals surface area contributed by atoms with Crippen LogP contribution in [0, 0.1) is 36.5 Å². The molecule has 16 heavy (non-hydrogen) atoms. The molecule has 1 aromatic carbocycles. The maximum absolute atomic E-state index is 8.67. The number of rotatable bonds is 0. The van der Waals surface area contributed by atoms with E-state index < -0.39 is 6.16 Å². The molecule has 0 aliphatic rings. The van der Waals surface area contributed by atoms with Crippen LogP contribution in [0.25, 0.3) is 0 Å². The summed E-state index contributed by atoms with van der Waals surface area (Å²) >= 11 is 0. The normalized spacial score (nSPS) is 8.00. The second-order valence-electron chi connectivity index (χ2n) is 2.99. The van der Waals surface area contributed by atoms with Crippen molar-refractivity contribution >= 4 is 6.16 Å². The van der Waals surface area contributed by atoms with Crippen molar-refractivity contribution in [1.82, 2.24) is 0 Å². The van der Waals surface area contributed by atoms with Crippen LogP contribution in [0.2, 0.25) is 0 Å². The number of aryl methyl sites for hydroxylation is 2. The Hall–Kier alpha value is -2.53. The molecule has 1 aromatic rings. The third-order valence-corrected chi connectivity index (χ3v) is 1.81. The third kappa shape index (κ3) is 4.12. The van der Waals surface area contributed by atoms with Gasteiger partial charge in [-0.1, -0.05) is 0 Å². The van der Waals surface area contributed by atoms with Gasteiger partial charge in [-0.3, -0.25) is 0 Å². The van der Waals surface area contributed by atoms with Crippen LogP contribution in [-0.2, 0) is 0 Å². The van der Waals surface area contributed by atoms with Gasteiger partial charge in [0.05, 0.1) is 23.3 Å². The first-order chi connectivity index (χ1) is 7.42. The summed E-state index contributed by atoms with van der Waals surface area (Å²) in [5.74, 6) is 0. The Labute approximate surface area is 92.8 Å². The molecule has 0 amide bonds. The van der Waals surface area contributed by atoms with E-state index in [0.717, 1.165) is 11.1 Å². The molecule has 0 heterocycles. The highest BCUT2D eigenvalue weighted by Crippen LogP contribution is 2.13.